The molecule has 0 aromatic rings. The molecule has 0 aromatic heterocycles. The van der Waals surface area contributed by atoms with Crippen LogP contribution in [-0.2, 0) is 9.47 Å². The van der Waals surface area contributed by atoms with Crippen molar-refractivity contribution in [2.75, 3.05) is 33.9 Å². The van der Waals surface area contributed by atoms with Crippen molar-refractivity contribution in [1.82, 2.24) is 5.32 Å². The summed E-state index contributed by atoms with van der Waals surface area (Å²) in [5, 5.41) is 3.60. The summed E-state index contributed by atoms with van der Waals surface area (Å²) in [4.78, 5) is 0. The Balaban J connectivity index is 4.53. The van der Waals surface area contributed by atoms with Crippen LogP contribution in [0.4, 0.5) is 0 Å². The first-order valence-electron chi connectivity index (χ1n) is 9.41. The van der Waals surface area contributed by atoms with Gasteiger partial charge < -0.3 is 26.3 Å². The fourth-order valence-corrected chi connectivity index (χ4v) is 3.30. The van der Waals surface area contributed by atoms with Crippen LogP contribution in [0.15, 0.2) is 0 Å². The highest BCUT2D eigenvalue weighted by Crippen LogP contribution is 2.27. The molecule has 0 amide bonds. The fourth-order valence-electron chi connectivity index (χ4n) is 3.30. The van der Waals surface area contributed by atoms with Crippen LogP contribution in [0.1, 0.15) is 71.1 Å². The molecule has 0 bridgehead atoms. The van der Waals surface area contributed by atoms with Gasteiger partial charge in [-0.3, -0.25) is 0 Å². The SMILES string of the molecule is CCCCCCCCCC(CCCN)(NCCN)C(OC)OC. The first-order chi connectivity index (χ1) is 11.2. The number of nitrogens with one attached hydrogen (secondary N) is 1. The molecule has 140 valence electrons. The highest BCUT2D eigenvalue weighted by molar-refractivity contribution is 4.92. The summed E-state index contributed by atoms with van der Waals surface area (Å²) in [6.45, 7) is 4.32. The molecular formula is C18H41N3O2. The van der Waals surface area contributed by atoms with Crippen molar-refractivity contribution in [1.29, 1.82) is 0 Å². The molecule has 5 nitrogen and oxygen atoms in total. The van der Waals surface area contributed by atoms with E-state index in [1.165, 1.54) is 44.9 Å². The van der Waals surface area contributed by atoms with E-state index in [-0.39, 0.29) is 11.8 Å². The lowest BCUT2D eigenvalue weighted by Crippen LogP contribution is -2.57. The second-order valence-electron chi connectivity index (χ2n) is 6.44. The molecule has 0 spiro atoms. The number of ether oxygens (including phenoxy) is 2. The number of rotatable bonds is 17. The monoisotopic (exact) mass is 331 g/mol. The van der Waals surface area contributed by atoms with Gasteiger partial charge in [0.2, 0.25) is 0 Å². The maximum Gasteiger partial charge on any atom is 0.174 e. The summed E-state index contributed by atoms with van der Waals surface area (Å²) in [5.41, 5.74) is 11.2. The molecule has 1 unspecified atom stereocenters. The van der Waals surface area contributed by atoms with E-state index >= 15 is 0 Å². The van der Waals surface area contributed by atoms with Crippen molar-refractivity contribution in [2.24, 2.45) is 11.5 Å². The maximum atomic E-state index is 5.74. The van der Waals surface area contributed by atoms with Gasteiger partial charge in [0.25, 0.3) is 0 Å². The predicted octanol–water partition coefficient (Wildman–Crippen LogP) is 2.77. The van der Waals surface area contributed by atoms with E-state index in [1.807, 2.05) is 0 Å². The number of hydrogen-bond donors (Lipinski definition) is 3. The van der Waals surface area contributed by atoms with Crippen molar-refractivity contribution < 1.29 is 9.47 Å². The topological polar surface area (TPSA) is 82.5 Å². The number of unbranched alkanes of at least 4 members (excludes halogenated alkanes) is 6. The van der Waals surface area contributed by atoms with Gasteiger partial charge in [0.1, 0.15) is 0 Å². The molecular weight excluding hydrogens is 290 g/mol. The molecule has 0 saturated carbocycles. The van der Waals surface area contributed by atoms with Gasteiger partial charge in [-0.15, -0.1) is 0 Å². The van der Waals surface area contributed by atoms with Crippen molar-refractivity contribution in [3.63, 3.8) is 0 Å². The predicted molar refractivity (Wildman–Crippen MR) is 98.5 cm³/mol. The summed E-state index contributed by atoms with van der Waals surface area (Å²) < 4.78 is 11.2. The van der Waals surface area contributed by atoms with Crippen LogP contribution >= 0.6 is 0 Å². The first-order valence-corrected chi connectivity index (χ1v) is 9.41. The Morgan fingerprint density at radius 2 is 1.39 bits per heavy atom. The molecule has 0 fully saturated rings. The quantitative estimate of drug-likeness (QED) is 0.282. The van der Waals surface area contributed by atoms with Gasteiger partial charge in [-0.2, -0.15) is 0 Å². The Bertz CT molecular complexity index is 240. The van der Waals surface area contributed by atoms with Crippen molar-refractivity contribution in [2.45, 2.75) is 83.0 Å². The molecule has 5 N–H and O–H groups in total. The smallest absolute Gasteiger partial charge is 0.174 e. The van der Waals surface area contributed by atoms with E-state index in [0.717, 1.165) is 25.8 Å². The Morgan fingerprint density at radius 3 is 1.91 bits per heavy atom. The second-order valence-corrected chi connectivity index (χ2v) is 6.44. The Morgan fingerprint density at radius 1 is 0.826 bits per heavy atom. The molecule has 5 heteroatoms. The summed E-state index contributed by atoms with van der Waals surface area (Å²) in [6.07, 6.45) is 11.8. The highest BCUT2D eigenvalue weighted by Gasteiger charge is 2.37. The standard InChI is InChI=1S/C18H41N3O2/c1-4-5-6-7-8-9-10-12-18(13-11-14-19,21-16-15-20)17(22-2)23-3/h17,21H,4-16,19-20H2,1-3H3. The van der Waals surface area contributed by atoms with Crippen LogP contribution in [0.2, 0.25) is 0 Å². The average molecular weight is 332 g/mol. The van der Waals surface area contributed by atoms with Crippen LogP contribution in [-0.4, -0.2) is 45.7 Å². The number of nitrogens with two attached hydrogens (primary N) is 2. The van der Waals surface area contributed by atoms with Gasteiger partial charge >= 0.3 is 0 Å². The minimum atomic E-state index is -0.263. The lowest BCUT2D eigenvalue weighted by Gasteiger charge is -2.40. The summed E-state index contributed by atoms with van der Waals surface area (Å²) in [6, 6.07) is 0. The normalized spacial score (nSPS) is 14.3. The van der Waals surface area contributed by atoms with Crippen molar-refractivity contribution in [3.05, 3.63) is 0 Å². The van der Waals surface area contributed by atoms with Gasteiger partial charge in [-0.05, 0) is 25.8 Å². The van der Waals surface area contributed by atoms with E-state index in [1.54, 1.807) is 14.2 Å². The van der Waals surface area contributed by atoms with Crippen LogP contribution in [0.25, 0.3) is 0 Å². The zero-order chi connectivity index (χ0) is 17.4. The Labute approximate surface area is 143 Å². The average Bonchev–Trinajstić information content (AvgIpc) is 2.57. The molecule has 0 rings (SSSR count). The third kappa shape index (κ3) is 9.62. The van der Waals surface area contributed by atoms with E-state index in [9.17, 15) is 0 Å². The van der Waals surface area contributed by atoms with E-state index in [0.29, 0.717) is 13.1 Å². The maximum absolute atomic E-state index is 5.74. The van der Waals surface area contributed by atoms with E-state index < -0.39 is 0 Å². The van der Waals surface area contributed by atoms with Gasteiger partial charge in [0.15, 0.2) is 6.29 Å². The first kappa shape index (κ1) is 22.8. The minimum absolute atomic E-state index is 0.189. The third-order valence-corrected chi connectivity index (χ3v) is 4.55. The lowest BCUT2D eigenvalue weighted by molar-refractivity contribution is -0.160. The van der Waals surface area contributed by atoms with Gasteiger partial charge in [-0.25, -0.2) is 0 Å². The van der Waals surface area contributed by atoms with Crippen LogP contribution in [0, 0.1) is 0 Å². The summed E-state index contributed by atoms with van der Waals surface area (Å²) in [5.74, 6) is 0. The third-order valence-electron chi connectivity index (χ3n) is 4.55. The molecule has 0 aromatic carbocycles. The molecule has 0 saturated heterocycles. The Hall–Kier alpha value is -0.200. The largest absolute Gasteiger partial charge is 0.354 e. The van der Waals surface area contributed by atoms with Crippen LogP contribution in [0.3, 0.4) is 0 Å². The lowest BCUT2D eigenvalue weighted by atomic mass is 9.86. The number of methoxy groups -OCH3 is 2. The second kappa shape index (κ2) is 15.3. The summed E-state index contributed by atoms with van der Waals surface area (Å²) >= 11 is 0. The zero-order valence-electron chi connectivity index (χ0n) is 15.7. The zero-order valence-corrected chi connectivity index (χ0v) is 15.7. The van der Waals surface area contributed by atoms with Crippen molar-refractivity contribution >= 4 is 0 Å². The van der Waals surface area contributed by atoms with Crippen molar-refractivity contribution in [3.8, 4) is 0 Å². The summed E-state index contributed by atoms with van der Waals surface area (Å²) in [7, 11) is 3.42. The van der Waals surface area contributed by atoms with Gasteiger partial charge in [-0.1, -0.05) is 51.9 Å². The van der Waals surface area contributed by atoms with E-state index in [2.05, 4.69) is 12.2 Å². The highest BCUT2D eigenvalue weighted by atomic mass is 16.7. The molecule has 0 aliphatic carbocycles. The molecule has 0 aliphatic rings. The minimum Gasteiger partial charge on any atom is -0.354 e. The molecule has 0 radical (unpaired) electrons. The van der Waals surface area contributed by atoms with Crippen LogP contribution < -0.4 is 16.8 Å². The Kier molecular flexibility index (Phi) is 15.2. The molecule has 0 aliphatic heterocycles. The number of hydrogen-bond acceptors (Lipinski definition) is 5. The fraction of sp³-hybridized carbons (Fsp3) is 1.00. The van der Waals surface area contributed by atoms with Gasteiger partial charge in [0, 0.05) is 27.3 Å². The molecule has 23 heavy (non-hydrogen) atoms. The van der Waals surface area contributed by atoms with Crippen LogP contribution in [0.5, 0.6) is 0 Å². The molecule has 0 heterocycles. The van der Waals surface area contributed by atoms with E-state index in [4.69, 9.17) is 20.9 Å². The van der Waals surface area contributed by atoms with Gasteiger partial charge in [0.05, 0.1) is 5.54 Å². The molecule has 1 atom stereocenters.